The minimum Gasteiger partial charge on any atom is -0.372 e. The third-order valence-corrected chi connectivity index (χ3v) is 5.91. The van der Waals surface area contributed by atoms with E-state index in [0.29, 0.717) is 12.1 Å². The minimum atomic E-state index is -3.42. The second kappa shape index (κ2) is 9.20. The molecule has 0 aliphatic carbocycles. The van der Waals surface area contributed by atoms with Crippen molar-refractivity contribution in [3.05, 3.63) is 24.3 Å². The van der Waals surface area contributed by atoms with Gasteiger partial charge in [-0.1, -0.05) is 13.3 Å². The molecule has 0 spiro atoms. The van der Waals surface area contributed by atoms with Crippen molar-refractivity contribution in [3.63, 3.8) is 0 Å². The fourth-order valence-electron chi connectivity index (χ4n) is 2.87. The molecule has 1 heterocycles. The molecule has 0 aromatic heterocycles. The molecule has 1 amide bonds. The number of unbranched alkanes of at least 4 members (excludes halogenated alkanes) is 1. The Balaban J connectivity index is 1.89. The lowest BCUT2D eigenvalue weighted by Crippen LogP contribution is -2.42. The third-order valence-electron chi connectivity index (χ3n) is 4.37. The van der Waals surface area contributed by atoms with Gasteiger partial charge in [0.2, 0.25) is 15.9 Å². The summed E-state index contributed by atoms with van der Waals surface area (Å²) in [6, 6.07) is 6.91. The molecule has 1 aromatic carbocycles. The number of benzene rings is 1. The second-order valence-electron chi connectivity index (χ2n) is 6.60. The van der Waals surface area contributed by atoms with Crippen LogP contribution in [-0.2, 0) is 14.8 Å². The van der Waals surface area contributed by atoms with E-state index in [4.69, 9.17) is 0 Å². The van der Waals surface area contributed by atoms with E-state index >= 15 is 0 Å². The van der Waals surface area contributed by atoms with Gasteiger partial charge in [0.1, 0.15) is 0 Å². The zero-order valence-corrected chi connectivity index (χ0v) is 15.9. The SMILES string of the molecule is CCCCS(=O)(=O)N[C@@H](C)C(=O)Nc1ccc(N2CCCCC2)cc1. The van der Waals surface area contributed by atoms with E-state index in [9.17, 15) is 13.2 Å². The molecule has 2 rings (SSSR count). The van der Waals surface area contributed by atoms with Crippen LogP contribution in [-0.4, -0.2) is 39.2 Å². The molecule has 1 atom stereocenters. The minimum absolute atomic E-state index is 0.0473. The van der Waals surface area contributed by atoms with Gasteiger partial charge in [0.15, 0.2) is 0 Å². The van der Waals surface area contributed by atoms with E-state index in [-0.39, 0.29) is 11.7 Å². The number of sulfonamides is 1. The number of hydrogen-bond donors (Lipinski definition) is 2. The highest BCUT2D eigenvalue weighted by atomic mass is 32.2. The Labute approximate surface area is 151 Å². The molecule has 6 nitrogen and oxygen atoms in total. The van der Waals surface area contributed by atoms with Crippen LogP contribution in [0.3, 0.4) is 0 Å². The summed E-state index contributed by atoms with van der Waals surface area (Å²) in [5.41, 5.74) is 1.83. The summed E-state index contributed by atoms with van der Waals surface area (Å²) in [5, 5.41) is 2.77. The Bertz CT molecular complexity index is 653. The number of hydrogen-bond acceptors (Lipinski definition) is 4. The van der Waals surface area contributed by atoms with Gasteiger partial charge in [0.25, 0.3) is 0 Å². The molecule has 140 valence electrons. The summed E-state index contributed by atoms with van der Waals surface area (Å²) in [6.45, 7) is 5.63. The highest BCUT2D eigenvalue weighted by molar-refractivity contribution is 7.89. The van der Waals surface area contributed by atoms with Crippen LogP contribution in [0, 0.1) is 0 Å². The van der Waals surface area contributed by atoms with Crippen LogP contribution in [0.5, 0.6) is 0 Å². The first-order valence-corrected chi connectivity index (χ1v) is 10.7. The second-order valence-corrected chi connectivity index (χ2v) is 8.47. The average Bonchev–Trinajstić information content (AvgIpc) is 2.61. The lowest BCUT2D eigenvalue weighted by atomic mass is 10.1. The van der Waals surface area contributed by atoms with E-state index < -0.39 is 16.1 Å². The van der Waals surface area contributed by atoms with E-state index in [1.807, 2.05) is 31.2 Å². The summed E-state index contributed by atoms with van der Waals surface area (Å²) in [5.74, 6) is -0.308. The maximum atomic E-state index is 12.2. The number of carbonyl (C=O) groups excluding carboxylic acids is 1. The number of nitrogens with zero attached hydrogens (tertiary/aromatic N) is 1. The van der Waals surface area contributed by atoms with Gasteiger partial charge in [-0.15, -0.1) is 0 Å². The maximum absolute atomic E-state index is 12.2. The summed E-state index contributed by atoms with van der Waals surface area (Å²) in [6.07, 6.45) is 5.10. The van der Waals surface area contributed by atoms with Gasteiger partial charge in [0, 0.05) is 24.5 Å². The fraction of sp³-hybridized carbons (Fsp3) is 0.611. The van der Waals surface area contributed by atoms with E-state index in [0.717, 1.165) is 25.2 Å². The van der Waals surface area contributed by atoms with Crippen LogP contribution in [0.2, 0.25) is 0 Å². The molecule has 1 aliphatic rings. The maximum Gasteiger partial charge on any atom is 0.242 e. The zero-order valence-electron chi connectivity index (χ0n) is 15.1. The van der Waals surface area contributed by atoms with Gasteiger partial charge in [0.05, 0.1) is 11.8 Å². The summed E-state index contributed by atoms with van der Waals surface area (Å²) < 4.78 is 26.2. The quantitative estimate of drug-likeness (QED) is 0.740. The van der Waals surface area contributed by atoms with E-state index in [1.165, 1.54) is 19.3 Å². The molecule has 0 unspecified atom stereocenters. The third kappa shape index (κ3) is 6.32. The molecule has 25 heavy (non-hydrogen) atoms. The first-order valence-electron chi connectivity index (χ1n) is 9.07. The summed E-state index contributed by atoms with van der Waals surface area (Å²) >= 11 is 0. The summed E-state index contributed by atoms with van der Waals surface area (Å²) in [7, 11) is -3.42. The molecular weight excluding hydrogens is 338 g/mol. The van der Waals surface area contributed by atoms with Gasteiger partial charge in [-0.05, 0) is 56.9 Å². The number of piperidine rings is 1. The lowest BCUT2D eigenvalue weighted by Gasteiger charge is -2.28. The predicted octanol–water partition coefficient (Wildman–Crippen LogP) is 2.72. The topological polar surface area (TPSA) is 78.5 Å². The number of amides is 1. The van der Waals surface area contributed by atoms with Crippen molar-refractivity contribution in [2.75, 3.05) is 29.1 Å². The molecule has 1 saturated heterocycles. The van der Waals surface area contributed by atoms with Gasteiger partial charge < -0.3 is 10.2 Å². The largest absolute Gasteiger partial charge is 0.372 e. The van der Waals surface area contributed by atoms with Crippen molar-refractivity contribution in [2.24, 2.45) is 0 Å². The smallest absolute Gasteiger partial charge is 0.242 e. The number of anilines is 2. The number of nitrogens with one attached hydrogen (secondary N) is 2. The van der Waals surface area contributed by atoms with E-state index in [2.05, 4.69) is 14.9 Å². The Morgan fingerprint density at radius 1 is 1.16 bits per heavy atom. The molecule has 2 N–H and O–H groups in total. The molecule has 1 aliphatic heterocycles. The highest BCUT2D eigenvalue weighted by Crippen LogP contribution is 2.21. The fourth-order valence-corrected chi connectivity index (χ4v) is 4.31. The van der Waals surface area contributed by atoms with Crippen LogP contribution < -0.4 is 14.9 Å². The Morgan fingerprint density at radius 3 is 2.40 bits per heavy atom. The average molecular weight is 368 g/mol. The first kappa shape index (κ1) is 19.7. The van der Waals surface area contributed by atoms with Crippen molar-refractivity contribution >= 4 is 27.3 Å². The molecule has 0 bridgehead atoms. The van der Waals surface area contributed by atoms with Crippen molar-refractivity contribution in [2.45, 2.75) is 52.0 Å². The first-order chi connectivity index (χ1) is 11.9. The monoisotopic (exact) mass is 367 g/mol. The predicted molar refractivity (Wildman–Crippen MR) is 102 cm³/mol. The number of rotatable bonds is 8. The Kier molecular flexibility index (Phi) is 7.25. The van der Waals surface area contributed by atoms with Crippen LogP contribution >= 0.6 is 0 Å². The molecule has 0 saturated carbocycles. The standard InChI is InChI=1S/C18H29N3O3S/c1-3-4-14-25(23,24)20-15(2)18(22)19-16-8-10-17(11-9-16)21-12-6-5-7-13-21/h8-11,15,20H,3-7,12-14H2,1-2H3,(H,19,22)/t15-/m0/s1. The van der Waals surface area contributed by atoms with Crippen LogP contribution in [0.15, 0.2) is 24.3 Å². The lowest BCUT2D eigenvalue weighted by molar-refractivity contribution is -0.117. The summed E-state index contributed by atoms with van der Waals surface area (Å²) in [4.78, 5) is 14.5. The van der Waals surface area contributed by atoms with Crippen molar-refractivity contribution < 1.29 is 13.2 Å². The molecule has 1 aromatic rings. The van der Waals surface area contributed by atoms with Gasteiger partial charge in [-0.2, -0.15) is 0 Å². The van der Waals surface area contributed by atoms with Crippen LogP contribution in [0.1, 0.15) is 46.0 Å². The molecular formula is C18H29N3O3S. The van der Waals surface area contributed by atoms with Crippen molar-refractivity contribution in [3.8, 4) is 0 Å². The zero-order chi connectivity index (χ0) is 18.3. The Hall–Kier alpha value is -1.60. The van der Waals surface area contributed by atoms with Crippen molar-refractivity contribution in [1.82, 2.24) is 4.72 Å². The molecule has 0 radical (unpaired) electrons. The van der Waals surface area contributed by atoms with E-state index in [1.54, 1.807) is 6.92 Å². The Morgan fingerprint density at radius 2 is 1.80 bits per heavy atom. The van der Waals surface area contributed by atoms with Gasteiger partial charge >= 0.3 is 0 Å². The normalized spacial score (nSPS) is 16.5. The molecule has 1 fully saturated rings. The van der Waals surface area contributed by atoms with Crippen molar-refractivity contribution in [1.29, 1.82) is 0 Å². The number of carbonyl (C=O) groups is 1. The van der Waals surface area contributed by atoms with Gasteiger partial charge in [-0.3, -0.25) is 4.79 Å². The van der Waals surface area contributed by atoms with Gasteiger partial charge in [-0.25, -0.2) is 13.1 Å². The highest BCUT2D eigenvalue weighted by Gasteiger charge is 2.20. The molecule has 7 heteroatoms. The van der Waals surface area contributed by atoms with Crippen LogP contribution in [0.25, 0.3) is 0 Å². The van der Waals surface area contributed by atoms with Crippen LogP contribution in [0.4, 0.5) is 11.4 Å².